The summed E-state index contributed by atoms with van der Waals surface area (Å²) in [4.78, 5) is 13.7. The van der Waals surface area contributed by atoms with E-state index < -0.39 is 0 Å². The number of halogens is 1. The second-order valence-corrected chi connectivity index (χ2v) is 4.89. The molecule has 1 heterocycles. The van der Waals surface area contributed by atoms with Gasteiger partial charge < -0.3 is 4.90 Å². The largest absolute Gasteiger partial charge is 0.371 e. The smallest absolute Gasteiger partial charge is 0.161 e. The molecule has 1 aromatic rings. The molecule has 0 unspecified atom stereocenters. The SMILES string of the molecule is CC(=O)c1ccc(F)cc1N1CCC(C)CC1. The Morgan fingerprint density at radius 3 is 2.59 bits per heavy atom. The van der Waals surface area contributed by atoms with Gasteiger partial charge in [-0.3, -0.25) is 4.79 Å². The monoisotopic (exact) mass is 235 g/mol. The predicted octanol–water partition coefficient (Wildman–Crippen LogP) is 3.26. The van der Waals surface area contributed by atoms with Crippen LogP contribution in [0.25, 0.3) is 0 Å². The quantitative estimate of drug-likeness (QED) is 0.733. The van der Waals surface area contributed by atoms with Crippen molar-refractivity contribution < 1.29 is 9.18 Å². The van der Waals surface area contributed by atoms with Gasteiger partial charge in [-0.2, -0.15) is 0 Å². The molecule has 2 nitrogen and oxygen atoms in total. The summed E-state index contributed by atoms with van der Waals surface area (Å²) in [6, 6.07) is 4.42. The van der Waals surface area contributed by atoms with E-state index in [4.69, 9.17) is 0 Å². The third-order valence-corrected chi connectivity index (χ3v) is 3.46. The number of nitrogens with zero attached hydrogens (tertiary/aromatic N) is 1. The number of carbonyl (C=O) groups excluding carboxylic acids is 1. The van der Waals surface area contributed by atoms with Gasteiger partial charge in [0.15, 0.2) is 5.78 Å². The minimum Gasteiger partial charge on any atom is -0.371 e. The number of hydrogen-bond acceptors (Lipinski definition) is 2. The van der Waals surface area contributed by atoms with Crippen molar-refractivity contribution in [3.63, 3.8) is 0 Å². The first-order chi connectivity index (χ1) is 8.08. The average Bonchev–Trinajstić information content (AvgIpc) is 2.29. The lowest BCUT2D eigenvalue weighted by molar-refractivity contribution is 0.101. The van der Waals surface area contributed by atoms with Crippen molar-refractivity contribution in [2.24, 2.45) is 5.92 Å². The number of carbonyl (C=O) groups is 1. The van der Waals surface area contributed by atoms with Crippen LogP contribution in [0, 0.1) is 11.7 Å². The second-order valence-electron chi connectivity index (χ2n) is 4.89. The van der Waals surface area contributed by atoms with E-state index in [9.17, 15) is 9.18 Å². The molecule has 17 heavy (non-hydrogen) atoms. The number of hydrogen-bond donors (Lipinski definition) is 0. The third-order valence-electron chi connectivity index (χ3n) is 3.46. The highest BCUT2D eigenvalue weighted by Crippen LogP contribution is 2.27. The first-order valence-corrected chi connectivity index (χ1v) is 6.13. The highest BCUT2D eigenvalue weighted by Gasteiger charge is 2.20. The van der Waals surface area contributed by atoms with Gasteiger partial charge in [-0.1, -0.05) is 6.92 Å². The van der Waals surface area contributed by atoms with Crippen molar-refractivity contribution in [1.29, 1.82) is 0 Å². The van der Waals surface area contributed by atoms with E-state index >= 15 is 0 Å². The maximum atomic E-state index is 13.3. The van der Waals surface area contributed by atoms with Crippen molar-refractivity contribution in [1.82, 2.24) is 0 Å². The number of rotatable bonds is 2. The summed E-state index contributed by atoms with van der Waals surface area (Å²) in [6.07, 6.45) is 2.21. The van der Waals surface area contributed by atoms with Crippen LogP contribution in [0.15, 0.2) is 18.2 Å². The number of benzene rings is 1. The molecule has 0 radical (unpaired) electrons. The molecule has 1 saturated heterocycles. The number of piperidine rings is 1. The van der Waals surface area contributed by atoms with E-state index in [0.29, 0.717) is 5.56 Å². The van der Waals surface area contributed by atoms with Crippen molar-refractivity contribution in [2.45, 2.75) is 26.7 Å². The van der Waals surface area contributed by atoms with Gasteiger partial charge >= 0.3 is 0 Å². The minimum absolute atomic E-state index is 0.00128. The van der Waals surface area contributed by atoms with Crippen LogP contribution < -0.4 is 4.90 Å². The van der Waals surface area contributed by atoms with E-state index in [2.05, 4.69) is 11.8 Å². The Kier molecular flexibility index (Phi) is 3.46. The van der Waals surface area contributed by atoms with Gasteiger partial charge in [0.25, 0.3) is 0 Å². The first kappa shape index (κ1) is 12.1. The zero-order valence-corrected chi connectivity index (χ0v) is 10.4. The molecule has 0 bridgehead atoms. The molecule has 3 heteroatoms. The normalized spacial score (nSPS) is 17.2. The van der Waals surface area contributed by atoms with Gasteiger partial charge in [0, 0.05) is 18.7 Å². The topological polar surface area (TPSA) is 20.3 Å². The van der Waals surface area contributed by atoms with E-state index in [-0.39, 0.29) is 11.6 Å². The molecule has 1 aromatic carbocycles. The number of Topliss-reactive ketones (excluding diaryl/α,β-unsaturated/α-hetero) is 1. The molecule has 0 N–H and O–H groups in total. The first-order valence-electron chi connectivity index (χ1n) is 6.13. The summed E-state index contributed by atoms with van der Waals surface area (Å²) in [5, 5.41) is 0. The van der Waals surface area contributed by atoms with Crippen LogP contribution in [0.2, 0.25) is 0 Å². The van der Waals surface area contributed by atoms with E-state index in [0.717, 1.165) is 37.5 Å². The maximum Gasteiger partial charge on any atom is 0.161 e. The molecule has 2 rings (SSSR count). The predicted molar refractivity (Wildman–Crippen MR) is 67.0 cm³/mol. The molecule has 92 valence electrons. The summed E-state index contributed by atoms with van der Waals surface area (Å²) in [5.74, 6) is 0.447. The van der Waals surface area contributed by atoms with Crippen LogP contribution in [-0.4, -0.2) is 18.9 Å². The molecule has 0 atom stereocenters. The lowest BCUT2D eigenvalue weighted by Gasteiger charge is -2.33. The molecule has 1 fully saturated rings. The molecule has 0 aliphatic carbocycles. The molecule has 1 aliphatic heterocycles. The number of anilines is 1. The molecular formula is C14H18FNO. The van der Waals surface area contributed by atoms with Gasteiger partial charge in [-0.25, -0.2) is 4.39 Å². The summed E-state index contributed by atoms with van der Waals surface area (Å²) in [5.41, 5.74) is 1.38. The molecule has 1 aliphatic rings. The Hall–Kier alpha value is -1.38. The van der Waals surface area contributed by atoms with Crippen LogP contribution in [0.3, 0.4) is 0 Å². The fraction of sp³-hybridized carbons (Fsp3) is 0.500. The van der Waals surface area contributed by atoms with Crippen molar-refractivity contribution in [3.8, 4) is 0 Å². The Morgan fingerprint density at radius 1 is 1.35 bits per heavy atom. The lowest BCUT2D eigenvalue weighted by atomic mass is 9.97. The van der Waals surface area contributed by atoms with Crippen LogP contribution in [0.1, 0.15) is 37.0 Å². The minimum atomic E-state index is -0.274. The number of ketones is 1. The second kappa shape index (κ2) is 4.86. The van der Waals surface area contributed by atoms with E-state index in [1.165, 1.54) is 19.1 Å². The Balaban J connectivity index is 2.30. The molecule has 0 amide bonds. The summed E-state index contributed by atoms with van der Waals surface area (Å²) in [6.45, 7) is 5.58. The van der Waals surface area contributed by atoms with Crippen molar-refractivity contribution >= 4 is 11.5 Å². The summed E-state index contributed by atoms with van der Waals surface area (Å²) in [7, 11) is 0. The highest BCUT2D eigenvalue weighted by molar-refractivity contribution is 5.99. The van der Waals surface area contributed by atoms with Gasteiger partial charge in [0.1, 0.15) is 5.82 Å². The zero-order valence-electron chi connectivity index (χ0n) is 10.4. The fourth-order valence-electron chi connectivity index (χ4n) is 2.31. The van der Waals surface area contributed by atoms with Gasteiger partial charge in [-0.05, 0) is 43.9 Å². The van der Waals surface area contributed by atoms with Crippen molar-refractivity contribution in [2.75, 3.05) is 18.0 Å². The zero-order chi connectivity index (χ0) is 12.4. The van der Waals surface area contributed by atoms with E-state index in [1.807, 2.05) is 0 Å². The molecule has 0 saturated carbocycles. The maximum absolute atomic E-state index is 13.3. The van der Waals surface area contributed by atoms with Crippen LogP contribution in [-0.2, 0) is 0 Å². The fourth-order valence-corrected chi connectivity index (χ4v) is 2.31. The molecule has 0 spiro atoms. The molecular weight excluding hydrogens is 217 g/mol. The average molecular weight is 235 g/mol. The van der Waals surface area contributed by atoms with E-state index in [1.54, 1.807) is 6.07 Å². The molecule has 0 aromatic heterocycles. The van der Waals surface area contributed by atoms with Gasteiger partial charge in [0.05, 0.1) is 5.69 Å². The van der Waals surface area contributed by atoms with Crippen LogP contribution in [0.5, 0.6) is 0 Å². The third kappa shape index (κ3) is 2.65. The summed E-state index contributed by atoms with van der Waals surface area (Å²) < 4.78 is 13.3. The Labute approximate surface area is 101 Å². The lowest BCUT2D eigenvalue weighted by Crippen LogP contribution is -2.33. The van der Waals surface area contributed by atoms with Gasteiger partial charge in [-0.15, -0.1) is 0 Å². The highest BCUT2D eigenvalue weighted by atomic mass is 19.1. The van der Waals surface area contributed by atoms with Crippen LogP contribution >= 0.6 is 0 Å². The van der Waals surface area contributed by atoms with Gasteiger partial charge in [0.2, 0.25) is 0 Å². The Morgan fingerprint density at radius 2 is 2.00 bits per heavy atom. The Bertz CT molecular complexity index is 422. The summed E-state index contributed by atoms with van der Waals surface area (Å²) >= 11 is 0. The van der Waals surface area contributed by atoms with Crippen molar-refractivity contribution in [3.05, 3.63) is 29.6 Å². The standard InChI is InChI=1S/C14H18FNO/c1-10-5-7-16(8-6-10)14-9-12(15)3-4-13(14)11(2)17/h3-4,9-10H,5-8H2,1-2H3. The van der Waals surface area contributed by atoms with Crippen LogP contribution in [0.4, 0.5) is 10.1 Å².